The van der Waals surface area contributed by atoms with E-state index in [1.54, 1.807) is 6.07 Å². The molecule has 0 aliphatic carbocycles. The van der Waals surface area contributed by atoms with Crippen molar-refractivity contribution in [2.45, 2.75) is 0 Å². The molecule has 0 fully saturated rings. The van der Waals surface area contributed by atoms with E-state index in [1.807, 2.05) is 0 Å². The first-order chi connectivity index (χ1) is 13.4. The average molecular weight is 396 g/mol. The molecule has 2 heterocycles. The molecular weight excluding hydrogens is 386 g/mol. The van der Waals surface area contributed by atoms with E-state index in [9.17, 15) is 19.7 Å². The van der Waals surface area contributed by atoms with Crippen LogP contribution in [0.15, 0.2) is 60.8 Å². The number of pyridine rings is 1. The molecular formula is C19H10ClN3O5. The summed E-state index contributed by atoms with van der Waals surface area (Å²) in [4.78, 5) is 40.6. The maximum Gasteiger partial charge on any atom is 0.273 e. The van der Waals surface area contributed by atoms with Crippen molar-refractivity contribution in [1.29, 1.82) is 0 Å². The van der Waals surface area contributed by atoms with Gasteiger partial charge in [-0.2, -0.15) is 0 Å². The van der Waals surface area contributed by atoms with E-state index in [0.717, 1.165) is 4.90 Å². The SMILES string of the molecule is O=C1c2ccc(Oc3cccc([N+](=O)[O-])c3)cc2C(=O)N1c1ccc(Cl)cn1. The number of nitro groups is 1. The van der Waals surface area contributed by atoms with Gasteiger partial charge in [0, 0.05) is 12.3 Å². The van der Waals surface area contributed by atoms with E-state index < -0.39 is 16.7 Å². The quantitative estimate of drug-likeness (QED) is 0.372. The summed E-state index contributed by atoms with van der Waals surface area (Å²) in [5.41, 5.74) is 0.253. The summed E-state index contributed by atoms with van der Waals surface area (Å²) >= 11 is 5.80. The van der Waals surface area contributed by atoms with Gasteiger partial charge in [-0.15, -0.1) is 0 Å². The van der Waals surface area contributed by atoms with Crippen molar-refractivity contribution in [3.8, 4) is 11.5 Å². The van der Waals surface area contributed by atoms with Crippen LogP contribution in [0.4, 0.5) is 11.5 Å². The van der Waals surface area contributed by atoms with Crippen molar-refractivity contribution in [2.75, 3.05) is 4.90 Å². The Morgan fingerprint density at radius 2 is 1.71 bits per heavy atom. The van der Waals surface area contributed by atoms with E-state index in [-0.39, 0.29) is 34.1 Å². The van der Waals surface area contributed by atoms with E-state index in [1.165, 1.54) is 54.7 Å². The predicted molar refractivity (Wildman–Crippen MR) is 100.0 cm³/mol. The van der Waals surface area contributed by atoms with Crippen LogP contribution in [-0.4, -0.2) is 21.7 Å². The number of nitrogens with zero attached hydrogens (tertiary/aromatic N) is 3. The van der Waals surface area contributed by atoms with E-state index in [4.69, 9.17) is 16.3 Å². The Morgan fingerprint density at radius 3 is 2.43 bits per heavy atom. The first-order valence-electron chi connectivity index (χ1n) is 8.01. The third kappa shape index (κ3) is 3.06. The van der Waals surface area contributed by atoms with Crippen LogP contribution >= 0.6 is 11.6 Å². The molecule has 4 rings (SSSR count). The predicted octanol–water partition coefficient (Wildman–Crippen LogP) is 4.24. The molecule has 0 saturated heterocycles. The zero-order chi connectivity index (χ0) is 19.8. The van der Waals surface area contributed by atoms with Gasteiger partial charge in [0.15, 0.2) is 0 Å². The lowest BCUT2D eigenvalue weighted by Gasteiger charge is -2.12. The lowest BCUT2D eigenvalue weighted by atomic mass is 10.1. The minimum atomic E-state index is -0.542. The summed E-state index contributed by atoms with van der Waals surface area (Å²) in [7, 11) is 0. The summed E-state index contributed by atoms with van der Waals surface area (Å²) in [5.74, 6) is -0.374. The van der Waals surface area contributed by atoms with Crippen LogP contribution in [0.2, 0.25) is 5.02 Å². The number of nitro benzene ring substituents is 1. The van der Waals surface area contributed by atoms with Gasteiger partial charge in [-0.3, -0.25) is 19.7 Å². The van der Waals surface area contributed by atoms with Gasteiger partial charge in [-0.1, -0.05) is 17.7 Å². The first kappa shape index (κ1) is 17.6. The van der Waals surface area contributed by atoms with Crippen LogP contribution in [0, 0.1) is 10.1 Å². The van der Waals surface area contributed by atoms with Crippen LogP contribution in [0.3, 0.4) is 0 Å². The minimum Gasteiger partial charge on any atom is -0.457 e. The highest BCUT2D eigenvalue weighted by molar-refractivity contribution is 6.34. The van der Waals surface area contributed by atoms with Crippen LogP contribution < -0.4 is 9.64 Å². The van der Waals surface area contributed by atoms with Crippen molar-refractivity contribution in [3.05, 3.63) is 87.1 Å². The number of hydrogen-bond acceptors (Lipinski definition) is 6. The number of fused-ring (bicyclic) bond motifs is 1. The Balaban J connectivity index is 1.64. The number of carbonyl (C=O) groups is 2. The fourth-order valence-corrected chi connectivity index (χ4v) is 2.90. The lowest BCUT2D eigenvalue weighted by molar-refractivity contribution is -0.384. The smallest absolute Gasteiger partial charge is 0.273 e. The van der Waals surface area contributed by atoms with Crippen molar-refractivity contribution in [1.82, 2.24) is 4.98 Å². The van der Waals surface area contributed by atoms with Crippen LogP contribution in [0.25, 0.3) is 0 Å². The Morgan fingerprint density at radius 1 is 0.964 bits per heavy atom. The van der Waals surface area contributed by atoms with E-state index >= 15 is 0 Å². The number of rotatable bonds is 4. The number of carbonyl (C=O) groups excluding carboxylic acids is 2. The number of halogens is 1. The molecule has 3 aromatic rings. The maximum atomic E-state index is 12.7. The van der Waals surface area contributed by atoms with Crippen LogP contribution in [0.5, 0.6) is 11.5 Å². The summed E-state index contributed by atoms with van der Waals surface area (Å²) in [6.07, 6.45) is 1.34. The molecule has 8 nitrogen and oxygen atoms in total. The molecule has 0 saturated carbocycles. The molecule has 1 aliphatic heterocycles. The highest BCUT2D eigenvalue weighted by atomic mass is 35.5. The molecule has 2 aromatic carbocycles. The molecule has 1 aromatic heterocycles. The third-order valence-corrected chi connectivity index (χ3v) is 4.29. The number of amides is 2. The Labute approximate surface area is 163 Å². The van der Waals surface area contributed by atoms with Gasteiger partial charge < -0.3 is 4.74 Å². The van der Waals surface area contributed by atoms with E-state index in [2.05, 4.69) is 4.98 Å². The standard InChI is InChI=1S/C19H10ClN3O5/c20-11-4-7-17(21-10-11)22-18(24)15-6-5-14(9-16(15)19(22)25)28-13-3-1-2-12(8-13)23(26)27/h1-10H. The molecule has 28 heavy (non-hydrogen) atoms. The van der Waals surface area contributed by atoms with Gasteiger partial charge in [-0.25, -0.2) is 9.88 Å². The van der Waals surface area contributed by atoms with Gasteiger partial charge in [0.1, 0.15) is 17.3 Å². The second-order valence-corrected chi connectivity index (χ2v) is 6.28. The van der Waals surface area contributed by atoms with Gasteiger partial charge in [0.05, 0.1) is 27.1 Å². The fourth-order valence-electron chi connectivity index (χ4n) is 2.79. The highest BCUT2D eigenvalue weighted by Crippen LogP contribution is 2.32. The Kier molecular flexibility index (Phi) is 4.25. The largest absolute Gasteiger partial charge is 0.457 e. The van der Waals surface area contributed by atoms with Crippen LogP contribution in [-0.2, 0) is 0 Å². The second-order valence-electron chi connectivity index (χ2n) is 5.84. The van der Waals surface area contributed by atoms with E-state index in [0.29, 0.717) is 5.02 Å². The van der Waals surface area contributed by atoms with Gasteiger partial charge in [0.25, 0.3) is 17.5 Å². The molecule has 0 atom stereocenters. The molecule has 9 heteroatoms. The zero-order valence-electron chi connectivity index (χ0n) is 14.0. The Bertz CT molecular complexity index is 1130. The molecule has 1 aliphatic rings. The molecule has 0 unspecified atom stereocenters. The minimum absolute atomic E-state index is 0.120. The average Bonchev–Trinajstić information content (AvgIpc) is 2.93. The molecule has 0 bridgehead atoms. The zero-order valence-corrected chi connectivity index (χ0v) is 14.8. The molecule has 2 amide bonds. The number of imide groups is 1. The monoisotopic (exact) mass is 395 g/mol. The Hall–Kier alpha value is -3.78. The summed E-state index contributed by atoms with van der Waals surface area (Å²) in [6.45, 7) is 0. The number of non-ortho nitro benzene ring substituents is 1. The van der Waals surface area contributed by atoms with Crippen molar-refractivity contribution in [2.24, 2.45) is 0 Å². The molecule has 138 valence electrons. The second kappa shape index (κ2) is 6.75. The summed E-state index contributed by atoms with van der Waals surface area (Å²) in [5, 5.41) is 11.3. The van der Waals surface area contributed by atoms with Gasteiger partial charge >= 0.3 is 0 Å². The van der Waals surface area contributed by atoms with Gasteiger partial charge in [-0.05, 0) is 36.4 Å². The fraction of sp³-hybridized carbons (Fsp3) is 0. The van der Waals surface area contributed by atoms with Crippen molar-refractivity contribution >= 4 is 34.9 Å². The van der Waals surface area contributed by atoms with Crippen molar-refractivity contribution in [3.63, 3.8) is 0 Å². The normalized spacial score (nSPS) is 12.8. The summed E-state index contributed by atoms with van der Waals surface area (Å²) in [6, 6.07) is 13.1. The molecule has 0 N–H and O–H groups in total. The molecule has 0 radical (unpaired) electrons. The number of ether oxygens (including phenoxy) is 1. The number of aromatic nitrogens is 1. The molecule has 0 spiro atoms. The van der Waals surface area contributed by atoms with Crippen LogP contribution in [0.1, 0.15) is 20.7 Å². The third-order valence-electron chi connectivity index (χ3n) is 4.06. The first-order valence-corrected chi connectivity index (χ1v) is 8.38. The number of benzene rings is 2. The highest BCUT2D eigenvalue weighted by Gasteiger charge is 2.37. The topological polar surface area (TPSA) is 103 Å². The van der Waals surface area contributed by atoms with Gasteiger partial charge in [0.2, 0.25) is 0 Å². The van der Waals surface area contributed by atoms with Crippen molar-refractivity contribution < 1.29 is 19.2 Å². The number of hydrogen-bond donors (Lipinski definition) is 0. The summed E-state index contributed by atoms with van der Waals surface area (Å²) < 4.78 is 5.62. The lowest BCUT2D eigenvalue weighted by Crippen LogP contribution is -2.30. The number of anilines is 1. The maximum absolute atomic E-state index is 12.7.